The van der Waals surface area contributed by atoms with E-state index in [2.05, 4.69) is 26.0 Å². The van der Waals surface area contributed by atoms with Gasteiger partial charge in [0.25, 0.3) is 0 Å². The monoisotopic (exact) mass is 360 g/mol. The first-order valence-electron chi connectivity index (χ1n) is 6.88. The van der Waals surface area contributed by atoms with Gasteiger partial charge in [-0.15, -0.1) is 0 Å². The third-order valence-electron chi connectivity index (χ3n) is 3.90. The first-order chi connectivity index (χ1) is 9.42. The van der Waals surface area contributed by atoms with Gasteiger partial charge in [0.15, 0.2) is 0 Å². The molecule has 1 saturated carbocycles. The summed E-state index contributed by atoms with van der Waals surface area (Å²) >= 11 is 3.39. The van der Waals surface area contributed by atoms with Gasteiger partial charge in [0.2, 0.25) is 10.0 Å². The average Bonchev–Trinajstić information content (AvgIpc) is 2.42. The SMILES string of the molecule is CNC1CCC(NS(=O)(=O)c2ccc(Br)c(C)c2)CC1. The maximum Gasteiger partial charge on any atom is 0.240 e. The van der Waals surface area contributed by atoms with E-state index in [-0.39, 0.29) is 6.04 Å². The van der Waals surface area contributed by atoms with E-state index in [1.165, 1.54) is 0 Å². The minimum absolute atomic E-state index is 0.0496. The number of hydrogen-bond donors (Lipinski definition) is 2. The van der Waals surface area contributed by atoms with Crippen molar-refractivity contribution in [3.05, 3.63) is 28.2 Å². The molecule has 112 valence electrons. The van der Waals surface area contributed by atoms with Crippen molar-refractivity contribution in [1.82, 2.24) is 10.0 Å². The Morgan fingerprint density at radius 3 is 2.30 bits per heavy atom. The number of rotatable bonds is 4. The van der Waals surface area contributed by atoms with Crippen LogP contribution in [0.15, 0.2) is 27.6 Å². The maximum absolute atomic E-state index is 12.4. The van der Waals surface area contributed by atoms with Crippen LogP contribution in [0.5, 0.6) is 0 Å². The van der Waals surface area contributed by atoms with Gasteiger partial charge in [-0.25, -0.2) is 13.1 Å². The highest BCUT2D eigenvalue weighted by atomic mass is 79.9. The van der Waals surface area contributed by atoms with Crippen molar-refractivity contribution in [1.29, 1.82) is 0 Å². The van der Waals surface area contributed by atoms with Crippen molar-refractivity contribution < 1.29 is 8.42 Å². The lowest BCUT2D eigenvalue weighted by molar-refractivity contribution is 0.343. The highest BCUT2D eigenvalue weighted by Gasteiger charge is 2.25. The van der Waals surface area contributed by atoms with Crippen LogP contribution in [0.25, 0.3) is 0 Å². The molecule has 1 aromatic rings. The minimum atomic E-state index is -3.41. The van der Waals surface area contributed by atoms with Crippen LogP contribution in [0.2, 0.25) is 0 Å². The van der Waals surface area contributed by atoms with Gasteiger partial charge in [-0.2, -0.15) is 0 Å². The van der Waals surface area contributed by atoms with Crippen LogP contribution < -0.4 is 10.0 Å². The molecule has 0 spiro atoms. The number of benzene rings is 1. The summed E-state index contributed by atoms with van der Waals surface area (Å²) in [5.41, 5.74) is 0.923. The van der Waals surface area contributed by atoms with Gasteiger partial charge in [-0.05, 0) is 63.4 Å². The zero-order valence-electron chi connectivity index (χ0n) is 11.8. The number of halogens is 1. The van der Waals surface area contributed by atoms with Crippen molar-refractivity contribution in [3.63, 3.8) is 0 Å². The van der Waals surface area contributed by atoms with E-state index >= 15 is 0 Å². The molecule has 1 aromatic carbocycles. The topological polar surface area (TPSA) is 58.2 Å². The molecule has 0 radical (unpaired) electrons. The van der Waals surface area contributed by atoms with Gasteiger partial charge in [-0.1, -0.05) is 15.9 Å². The Labute approximate surface area is 129 Å². The van der Waals surface area contributed by atoms with E-state index in [9.17, 15) is 8.42 Å². The van der Waals surface area contributed by atoms with E-state index in [1.54, 1.807) is 18.2 Å². The molecule has 0 unspecified atom stereocenters. The van der Waals surface area contributed by atoms with Crippen LogP contribution in [-0.4, -0.2) is 27.5 Å². The summed E-state index contributed by atoms with van der Waals surface area (Å²) in [6, 6.07) is 5.69. The summed E-state index contributed by atoms with van der Waals surface area (Å²) in [6.45, 7) is 1.89. The lowest BCUT2D eigenvalue weighted by Gasteiger charge is -2.28. The zero-order chi connectivity index (χ0) is 14.8. The Hall–Kier alpha value is -0.430. The van der Waals surface area contributed by atoms with Crippen molar-refractivity contribution in [2.45, 2.75) is 49.6 Å². The van der Waals surface area contributed by atoms with Gasteiger partial charge < -0.3 is 5.32 Å². The number of nitrogens with one attached hydrogen (secondary N) is 2. The van der Waals surface area contributed by atoms with Crippen LogP contribution in [0.4, 0.5) is 0 Å². The first kappa shape index (κ1) is 15.9. The van der Waals surface area contributed by atoms with E-state index in [0.29, 0.717) is 10.9 Å². The van der Waals surface area contributed by atoms with Gasteiger partial charge >= 0.3 is 0 Å². The highest BCUT2D eigenvalue weighted by Crippen LogP contribution is 2.23. The minimum Gasteiger partial charge on any atom is -0.317 e. The molecule has 0 aliphatic heterocycles. The summed E-state index contributed by atoms with van der Waals surface area (Å²) in [6.07, 6.45) is 3.81. The van der Waals surface area contributed by atoms with Crippen LogP contribution in [-0.2, 0) is 10.0 Å². The molecule has 1 fully saturated rings. The smallest absolute Gasteiger partial charge is 0.240 e. The van der Waals surface area contributed by atoms with Gasteiger partial charge in [0.05, 0.1) is 4.90 Å². The second-order valence-corrected chi connectivity index (χ2v) is 7.94. The van der Waals surface area contributed by atoms with Crippen LogP contribution in [0, 0.1) is 6.92 Å². The molecule has 20 heavy (non-hydrogen) atoms. The molecular weight excluding hydrogens is 340 g/mol. The molecule has 0 amide bonds. The quantitative estimate of drug-likeness (QED) is 0.867. The fourth-order valence-corrected chi connectivity index (χ4v) is 4.21. The third-order valence-corrected chi connectivity index (χ3v) is 6.30. The average molecular weight is 361 g/mol. The van der Waals surface area contributed by atoms with Gasteiger partial charge in [0, 0.05) is 16.6 Å². The Kier molecular flexibility index (Phi) is 5.23. The molecule has 0 bridgehead atoms. The fraction of sp³-hybridized carbons (Fsp3) is 0.571. The summed E-state index contributed by atoms with van der Waals surface area (Å²) < 4.78 is 28.5. The van der Waals surface area contributed by atoms with Crippen molar-refractivity contribution in [3.8, 4) is 0 Å². The Morgan fingerprint density at radius 2 is 1.75 bits per heavy atom. The van der Waals surface area contributed by atoms with Crippen molar-refractivity contribution in [2.24, 2.45) is 0 Å². The second kappa shape index (κ2) is 6.56. The molecule has 2 N–H and O–H groups in total. The second-order valence-electron chi connectivity index (χ2n) is 5.37. The van der Waals surface area contributed by atoms with Gasteiger partial charge in [0.1, 0.15) is 0 Å². The molecule has 4 nitrogen and oxygen atoms in total. The summed E-state index contributed by atoms with van der Waals surface area (Å²) in [5, 5.41) is 3.25. The number of sulfonamides is 1. The number of aryl methyl sites for hydroxylation is 1. The Balaban J connectivity index is 2.06. The molecular formula is C14H21BrN2O2S. The highest BCUT2D eigenvalue weighted by molar-refractivity contribution is 9.10. The summed E-state index contributed by atoms with van der Waals surface area (Å²) in [4.78, 5) is 0.342. The molecule has 0 heterocycles. The van der Waals surface area contributed by atoms with E-state index in [0.717, 1.165) is 35.7 Å². The van der Waals surface area contributed by atoms with Gasteiger partial charge in [-0.3, -0.25) is 0 Å². The van der Waals surface area contributed by atoms with Crippen LogP contribution in [0.1, 0.15) is 31.2 Å². The maximum atomic E-state index is 12.4. The summed E-state index contributed by atoms with van der Waals surface area (Å²) in [5.74, 6) is 0. The van der Waals surface area contributed by atoms with E-state index < -0.39 is 10.0 Å². The Bertz CT molecular complexity index is 567. The Morgan fingerprint density at radius 1 is 1.15 bits per heavy atom. The molecule has 1 aliphatic carbocycles. The predicted octanol–water partition coefficient (Wildman–Crippen LogP) is 2.57. The normalized spacial score (nSPS) is 23.8. The van der Waals surface area contributed by atoms with E-state index in [1.807, 2.05) is 14.0 Å². The molecule has 2 rings (SSSR count). The zero-order valence-corrected chi connectivity index (χ0v) is 14.2. The van der Waals surface area contributed by atoms with Crippen LogP contribution in [0.3, 0.4) is 0 Å². The lowest BCUT2D eigenvalue weighted by Crippen LogP contribution is -2.41. The predicted molar refractivity (Wildman–Crippen MR) is 84.3 cm³/mol. The standard InChI is InChI=1S/C14H21BrN2O2S/c1-10-9-13(7-8-14(10)15)20(18,19)17-12-5-3-11(16-2)4-6-12/h7-9,11-12,16-17H,3-6H2,1-2H3. The van der Waals surface area contributed by atoms with Crippen molar-refractivity contribution >= 4 is 26.0 Å². The molecule has 0 saturated heterocycles. The summed E-state index contributed by atoms with van der Waals surface area (Å²) in [7, 11) is -1.46. The fourth-order valence-electron chi connectivity index (χ4n) is 2.57. The van der Waals surface area contributed by atoms with Crippen LogP contribution >= 0.6 is 15.9 Å². The number of hydrogen-bond acceptors (Lipinski definition) is 3. The molecule has 6 heteroatoms. The molecule has 1 aliphatic rings. The lowest BCUT2D eigenvalue weighted by atomic mass is 9.92. The first-order valence-corrected chi connectivity index (χ1v) is 9.16. The third kappa shape index (κ3) is 3.81. The molecule has 0 aromatic heterocycles. The molecule has 0 atom stereocenters. The van der Waals surface area contributed by atoms with E-state index in [4.69, 9.17) is 0 Å². The van der Waals surface area contributed by atoms with Crippen molar-refractivity contribution in [2.75, 3.05) is 7.05 Å². The largest absolute Gasteiger partial charge is 0.317 e.